The van der Waals surface area contributed by atoms with Gasteiger partial charge >= 0.3 is 0 Å². The molecule has 1 aromatic heterocycles. The predicted octanol–water partition coefficient (Wildman–Crippen LogP) is 2.65. The smallest absolute Gasteiger partial charge is 0.255 e. The van der Waals surface area contributed by atoms with Crippen LogP contribution in [0.3, 0.4) is 0 Å². The number of benzene rings is 1. The Morgan fingerprint density at radius 3 is 2.68 bits per heavy atom. The van der Waals surface area contributed by atoms with Crippen LogP contribution in [0.1, 0.15) is 40.2 Å². The first-order valence-electron chi connectivity index (χ1n) is 8.55. The zero-order chi connectivity index (χ0) is 18.0. The van der Waals surface area contributed by atoms with E-state index in [0.29, 0.717) is 31.0 Å². The lowest BCUT2D eigenvalue weighted by atomic mass is 9.74. The number of aromatic nitrogens is 2. The first kappa shape index (κ1) is 17.6. The van der Waals surface area contributed by atoms with E-state index in [-0.39, 0.29) is 17.1 Å². The van der Waals surface area contributed by atoms with Crippen LogP contribution in [0.4, 0.5) is 4.39 Å². The number of nitrogens with one attached hydrogen (secondary N) is 1. The Balaban J connectivity index is 1.83. The summed E-state index contributed by atoms with van der Waals surface area (Å²) in [4.78, 5) is 12.7. The number of halogens is 1. The lowest BCUT2D eigenvalue weighted by Crippen LogP contribution is -2.44. The highest BCUT2D eigenvalue weighted by atomic mass is 19.1. The van der Waals surface area contributed by atoms with Crippen LogP contribution in [0.5, 0.6) is 0 Å². The average Bonchev–Trinajstić information content (AvgIpc) is 2.86. The second-order valence-corrected chi connectivity index (χ2v) is 6.76. The van der Waals surface area contributed by atoms with Crippen LogP contribution < -0.4 is 5.32 Å². The lowest BCUT2D eigenvalue weighted by Gasteiger charge is -2.38. The summed E-state index contributed by atoms with van der Waals surface area (Å²) in [6, 6.07) is 6.66. The number of rotatable bonds is 4. The minimum Gasteiger partial charge on any atom is -0.381 e. The standard InChI is InChI=1S/C19H24FN3O2/c1-13-17(14(2)23(3)22-13)18(24)21-12-19(7-9-25-10-8-19)15-5-4-6-16(20)11-15/h4-6,11H,7-10,12H2,1-3H3,(H,21,24). The third-order valence-electron chi connectivity index (χ3n) is 5.21. The monoisotopic (exact) mass is 345 g/mol. The fourth-order valence-corrected chi connectivity index (χ4v) is 3.59. The molecule has 0 saturated carbocycles. The van der Waals surface area contributed by atoms with Crippen molar-refractivity contribution in [2.45, 2.75) is 32.1 Å². The average molecular weight is 345 g/mol. The second kappa shape index (κ2) is 6.96. The number of amides is 1. The number of hydrogen-bond acceptors (Lipinski definition) is 3. The fraction of sp³-hybridized carbons (Fsp3) is 0.474. The van der Waals surface area contributed by atoms with Gasteiger partial charge in [-0.3, -0.25) is 9.48 Å². The van der Waals surface area contributed by atoms with Crippen molar-refractivity contribution < 1.29 is 13.9 Å². The number of hydrogen-bond donors (Lipinski definition) is 1. The molecule has 1 amide bonds. The molecular weight excluding hydrogens is 321 g/mol. The van der Waals surface area contributed by atoms with E-state index in [4.69, 9.17) is 4.74 Å². The Kier molecular flexibility index (Phi) is 4.90. The molecule has 1 saturated heterocycles. The van der Waals surface area contributed by atoms with Crippen molar-refractivity contribution in [3.8, 4) is 0 Å². The normalized spacial score (nSPS) is 16.6. The van der Waals surface area contributed by atoms with E-state index in [1.807, 2.05) is 27.0 Å². The number of ether oxygens (including phenoxy) is 1. The number of aryl methyl sites for hydroxylation is 2. The van der Waals surface area contributed by atoms with Gasteiger partial charge in [0.05, 0.1) is 11.3 Å². The quantitative estimate of drug-likeness (QED) is 0.927. The number of carbonyl (C=O) groups is 1. The highest BCUT2D eigenvalue weighted by Gasteiger charge is 2.35. The van der Waals surface area contributed by atoms with Crippen LogP contribution in [-0.4, -0.2) is 35.4 Å². The largest absolute Gasteiger partial charge is 0.381 e. The van der Waals surface area contributed by atoms with E-state index in [2.05, 4.69) is 10.4 Å². The lowest BCUT2D eigenvalue weighted by molar-refractivity contribution is 0.0486. The van der Waals surface area contributed by atoms with Gasteiger partial charge in [0.25, 0.3) is 5.91 Å². The molecule has 0 aliphatic carbocycles. The second-order valence-electron chi connectivity index (χ2n) is 6.76. The highest BCUT2D eigenvalue weighted by molar-refractivity contribution is 5.96. The molecule has 134 valence electrons. The van der Waals surface area contributed by atoms with E-state index < -0.39 is 0 Å². The minimum absolute atomic E-state index is 0.134. The molecular formula is C19H24FN3O2. The summed E-state index contributed by atoms with van der Waals surface area (Å²) in [6.07, 6.45) is 1.50. The molecule has 1 N–H and O–H groups in total. The Morgan fingerprint density at radius 1 is 1.36 bits per heavy atom. The van der Waals surface area contributed by atoms with E-state index in [9.17, 15) is 9.18 Å². The molecule has 2 aromatic rings. The van der Waals surface area contributed by atoms with E-state index >= 15 is 0 Å². The maximum absolute atomic E-state index is 13.7. The summed E-state index contributed by atoms with van der Waals surface area (Å²) in [6.45, 7) is 5.38. The Bertz CT molecular complexity index is 779. The van der Waals surface area contributed by atoms with Gasteiger partial charge in [0.15, 0.2) is 0 Å². The Morgan fingerprint density at radius 2 is 2.08 bits per heavy atom. The van der Waals surface area contributed by atoms with Crippen molar-refractivity contribution >= 4 is 5.91 Å². The van der Waals surface area contributed by atoms with Gasteiger partial charge in [0.2, 0.25) is 0 Å². The molecule has 25 heavy (non-hydrogen) atoms. The number of nitrogens with zero attached hydrogens (tertiary/aromatic N) is 2. The summed E-state index contributed by atoms with van der Waals surface area (Å²) in [5.41, 5.74) is 2.77. The molecule has 0 atom stereocenters. The molecule has 2 heterocycles. The summed E-state index contributed by atoms with van der Waals surface area (Å²) in [5, 5.41) is 7.35. The molecule has 5 nitrogen and oxygen atoms in total. The maximum atomic E-state index is 13.7. The summed E-state index contributed by atoms with van der Waals surface area (Å²) >= 11 is 0. The van der Waals surface area contributed by atoms with Crippen molar-refractivity contribution in [1.29, 1.82) is 0 Å². The van der Waals surface area contributed by atoms with Gasteiger partial charge in [-0.05, 0) is 44.4 Å². The SMILES string of the molecule is Cc1nn(C)c(C)c1C(=O)NCC1(c2cccc(F)c2)CCOCC1. The minimum atomic E-state index is -0.306. The van der Waals surface area contributed by atoms with Gasteiger partial charge in [-0.15, -0.1) is 0 Å². The highest BCUT2D eigenvalue weighted by Crippen LogP contribution is 2.34. The third kappa shape index (κ3) is 3.44. The van der Waals surface area contributed by atoms with Crippen LogP contribution >= 0.6 is 0 Å². The zero-order valence-corrected chi connectivity index (χ0v) is 14.9. The topological polar surface area (TPSA) is 56.2 Å². The van der Waals surface area contributed by atoms with Crippen LogP contribution in [0.2, 0.25) is 0 Å². The van der Waals surface area contributed by atoms with E-state index in [1.165, 1.54) is 6.07 Å². The van der Waals surface area contributed by atoms with Crippen LogP contribution in [0, 0.1) is 19.7 Å². The molecule has 0 bridgehead atoms. The van der Waals surface area contributed by atoms with E-state index in [1.54, 1.807) is 16.8 Å². The molecule has 1 fully saturated rings. The van der Waals surface area contributed by atoms with Crippen molar-refractivity contribution in [2.24, 2.45) is 7.05 Å². The van der Waals surface area contributed by atoms with Crippen molar-refractivity contribution in [2.75, 3.05) is 19.8 Å². The molecule has 0 unspecified atom stereocenters. The molecule has 6 heteroatoms. The van der Waals surface area contributed by atoms with E-state index in [0.717, 1.165) is 24.1 Å². The van der Waals surface area contributed by atoms with Crippen molar-refractivity contribution in [1.82, 2.24) is 15.1 Å². The van der Waals surface area contributed by atoms with Gasteiger partial charge in [0.1, 0.15) is 5.82 Å². The summed E-state index contributed by atoms with van der Waals surface area (Å²) < 4.78 is 20.9. The molecule has 0 radical (unpaired) electrons. The van der Waals surface area contributed by atoms with Gasteiger partial charge in [-0.2, -0.15) is 5.10 Å². The molecule has 1 aliphatic heterocycles. The molecule has 1 aliphatic rings. The Labute approximate surface area is 147 Å². The van der Waals surface area contributed by atoms with Crippen molar-refractivity contribution in [3.05, 3.63) is 52.6 Å². The zero-order valence-electron chi connectivity index (χ0n) is 14.9. The molecule has 3 rings (SSSR count). The van der Waals surface area contributed by atoms with Gasteiger partial charge in [-0.1, -0.05) is 12.1 Å². The van der Waals surface area contributed by atoms with Gasteiger partial charge in [0, 0.05) is 37.9 Å². The van der Waals surface area contributed by atoms with Gasteiger partial charge < -0.3 is 10.1 Å². The third-order valence-corrected chi connectivity index (χ3v) is 5.21. The predicted molar refractivity (Wildman–Crippen MR) is 93.1 cm³/mol. The fourth-order valence-electron chi connectivity index (χ4n) is 3.59. The summed E-state index contributed by atoms with van der Waals surface area (Å²) in [5.74, 6) is -0.390. The van der Waals surface area contributed by atoms with Crippen LogP contribution in [-0.2, 0) is 17.2 Å². The van der Waals surface area contributed by atoms with Crippen molar-refractivity contribution in [3.63, 3.8) is 0 Å². The van der Waals surface area contributed by atoms with Gasteiger partial charge in [-0.25, -0.2) is 4.39 Å². The molecule has 1 aromatic carbocycles. The first-order valence-corrected chi connectivity index (χ1v) is 8.55. The summed E-state index contributed by atoms with van der Waals surface area (Å²) in [7, 11) is 1.83. The molecule has 0 spiro atoms. The maximum Gasteiger partial charge on any atom is 0.255 e. The number of carbonyl (C=O) groups excluding carboxylic acids is 1. The first-order chi connectivity index (χ1) is 11.9. The Hall–Kier alpha value is -2.21. The van der Waals surface area contributed by atoms with Crippen LogP contribution in [0.25, 0.3) is 0 Å². The van der Waals surface area contributed by atoms with Crippen LogP contribution in [0.15, 0.2) is 24.3 Å².